The van der Waals surface area contributed by atoms with Crippen LogP contribution in [-0.4, -0.2) is 29.9 Å². The van der Waals surface area contributed by atoms with E-state index in [0.717, 1.165) is 18.8 Å². The summed E-state index contributed by atoms with van der Waals surface area (Å²) >= 11 is 0. The van der Waals surface area contributed by atoms with E-state index in [-0.39, 0.29) is 11.9 Å². The van der Waals surface area contributed by atoms with E-state index in [1.807, 2.05) is 19.1 Å². The molecule has 0 aliphatic carbocycles. The first kappa shape index (κ1) is 16.0. The van der Waals surface area contributed by atoms with Crippen molar-refractivity contribution in [2.75, 3.05) is 18.4 Å². The quantitative estimate of drug-likeness (QED) is 0.907. The Morgan fingerprint density at radius 3 is 2.10 bits per heavy atom. The Labute approximate surface area is 128 Å². The molecule has 1 aromatic carbocycles. The van der Waals surface area contributed by atoms with Crippen LogP contribution in [0.5, 0.6) is 0 Å². The summed E-state index contributed by atoms with van der Waals surface area (Å²) in [6.45, 7) is 8.45. The first-order valence-electron chi connectivity index (χ1n) is 8.23. The molecule has 1 atom stereocenters. The third-order valence-electron chi connectivity index (χ3n) is 4.41. The fraction of sp³-hybridized carbons (Fsp3) is 0.611. The lowest BCUT2D eigenvalue weighted by atomic mass is 10.0. The van der Waals surface area contributed by atoms with Crippen LogP contribution in [0.1, 0.15) is 57.9 Å². The minimum Gasteiger partial charge on any atom is -0.325 e. The van der Waals surface area contributed by atoms with E-state index in [0.29, 0.717) is 5.92 Å². The number of hydrogen-bond acceptors (Lipinski definition) is 2. The van der Waals surface area contributed by atoms with Gasteiger partial charge in [0.1, 0.15) is 0 Å². The first-order chi connectivity index (χ1) is 10.1. The number of nitrogens with one attached hydrogen (secondary N) is 1. The monoisotopic (exact) mass is 288 g/mol. The number of rotatable bonds is 4. The molecule has 0 unspecified atom stereocenters. The molecule has 1 aromatic rings. The number of carbonyl (C=O) groups is 1. The fourth-order valence-electron chi connectivity index (χ4n) is 2.85. The van der Waals surface area contributed by atoms with Crippen LogP contribution < -0.4 is 5.32 Å². The topological polar surface area (TPSA) is 32.3 Å². The third kappa shape index (κ3) is 4.57. The maximum absolute atomic E-state index is 12.4. The molecule has 116 valence electrons. The zero-order valence-corrected chi connectivity index (χ0v) is 13.6. The Morgan fingerprint density at radius 2 is 1.57 bits per heavy atom. The minimum absolute atomic E-state index is 0.0483. The Hall–Kier alpha value is -1.35. The summed E-state index contributed by atoms with van der Waals surface area (Å²) < 4.78 is 0. The van der Waals surface area contributed by atoms with Crippen molar-refractivity contribution in [3.8, 4) is 0 Å². The summed E-state index contributed by atoms with van der Waals surface area (Å²) in [5, 5.41) is 3.04. The maximum Gasteiger partial charge on any atom is 0.241 e. The lowest BCUT2D eigenvalue weighted by Gasteiger charge is -2.26. The molecule has 0 spiro atoms. The zero-order chi connectivity index (χ0) is 15.2. The van der Waals surface area contributed by atoms with Crippen molar-refractivity contribution in [3.63, 3.8) is 0 Å². The van der Waals surface area contributed by atoms with Gasteiger partial charge in [-0.1, -0.05) is 38.8 Å². The highest BCUT2D eigenvalue weighted by Gasteiger charge is 2.22. The van der Waals surface area contributed by atoms with Crippen molar-refractivity contribution >= 4 is 11.6 Å². The van der Waals surface area contributed by atoms with Crippen LogP contribution in [0.2, 0.25) is 0 Å². The second-order valence-corrected chi connectivity index (χ2v) is 6.39. The molecular weight excluding hydrogens is 260 g/mol. The average molecular weight is 288 g/mol. The molecule has 1 aliphatic heterocycles. The van der Waals surface area contributed by atoms with Crippen LogP contribution in [0.25, 0.3) is 0 Å². The maximum atomic E-state index is 12.4. The summed E-state index contributed by atoms with van der Waals surface area (Å²) in [6.07, 6.45) is 5.00. The van der Waals surface area contributed by atoms with E-state index in [4.69, 9.17) is 0 Å². The first-order valence-corrected chi connectivity index (χ1v) is 8.23. The van der Waals surface area contributed by atoms with E-state index in [2.05, 4.69) is 36.2 Å². The summed E-state index contributed by atoms with van der Waals surface area (Å²) in [4.78, 5) is 14.7. The van der Waals surface area contributed by atoms with E-state index in [9.17, 15) is 4.79 Å². The summed E-state index contributed by atoms with van der Waals surface area (Å²) in [6, 6.07) is 8.14. The van der Waals surface area contributed by atoms with Crippen molar-refractivity contribution in [3.05, 3.63) is 29.8 Å². The van der Waals surface area contributed by atoms with Crippen molar-refractivity contribution in [1.82, 2.24) is 4.90 Å². The fourth-order valence-corrected chi connectivity index (χ4v) is 2.85. The molecule has 1 heterocycles. The van der Waals surface area contributed by atoms with Gasteiger partial charge in [-0.05, 0) is 56.5 Å². The average Bonchev–Trinajstić information content (AvgIpc) is 2.76. The highest BCUT2D eigenvalue weighted by Crippen LogP contribution is 2.18. The number of benzene rings is 1. The molecule has 0 bridgehead atoms. The molecule has 1 N–H and O–H groups in total. The third-order valence-corrected chi connectivity index (χ3v) is 4.41. The molecular formula is C18H28N2O. The standard InChI is InChI=1S/C18H28N2O/c1-14(2)16-8-10-17(11-9-16)19-18(21)15(3)20-12-6-4-5-7-13-20/h8-11,14-15H,4-7,12-13H2,1-3H3,(H,19,21)/t15-/m0/s1. The van der Waals surface area contributed by atoms with E-state index >= 15 is 0 Å². The largest absolute Gasteiger partial charge is 0.325 e. The Kier molecular flexibility index (Phi) is 5.80. The van der Waals surface area contributed by atoms with E-state index in [1.165, 1.54) is 31.2 Å². The molecule has 0 radical (unpaired) electrons. The minimum atomic E-state index is -0.0483. The molecule has 0 saturated carbocycles. The SMILES string of the molecule is CC(C)c1ccc(NC(=O)[C@H](C)N2CCCCCC2)cc1. The van der Waals surface area contributed by atoms with Crippen LogP contribution in [0.15, 0.2) is 24.3 Å². The van der Waals surface area contributed by atoms with Crippen molar-refractivity contribution in [2.45, 2.75) is 58.4 Å². The van der Waals surface area contributed by atoms with Crippen molar-refractivity contribution < 1.29 is 4.79 Å². The summed E-state index contributed by atoms with van der Waals surface area (Å²) in [5.41, 5.74) is 2.19. The lowest BCUT2D eigenvalue weighted by Crippen LogP contribution is -2.42. The van der Waals surface area contributed by atoms with Gasteiger partial charge in [0, 0.05) is 5.69 Å². The molecule has 3 nitrogen and oxygen atoms in total. The summed E-state index contributed by atoms with van der Waals surface area (Å²) in [7, 11) is 0. The van der Waals surface area contributed by atoms with Crippen molar-refractivity contribution in [2.24, 2.45) is 0 Å². The van der Waals surface area contributed by atoms with Gasteiger partial charge in [-0.25, -0.2) is 0 Å². The Morgan fingerprint density at radius 1 is 1.00 bits per heavy atom. The summed E-state index contributed by atoms with van der Waals surface area (Å²) in [5.74, 6) is 0.625. The van der Waals surface area contributed by atoms with Gasteiger partial charge in [-0.15, -0.1) is 0 Å². The molecule has 1 fully saturated rings. The molecule has 2 rings (SSSR count). The van der Waals surface area contributed by atoms with E-state index in [1.54, 1.807) is 0 Å². The van der Waals surface area contributed by atoms with Gasteiger partial charge >= 0.3 is 0 Å². The number of amides is 1. The number of anilines is 1. The van der Waals surface area contributed by atoms with Gasteiger partial charge < -0.3 is 5.32 Å². The van der Waals surface area contributed by atoms with Gasteiger partial charge in [0.2, 0.25) is 5.91 Å². The highest BCUT2D eigenvalue weighted by atomic mass is 16.2. The van der Waals surface area contributed by atoms with Crippen molar-refractivity contribution in [1.29, 1.82) is 0 Å². The van der Waals surface area contributed by atoms with Gasteiger partial charge in [0.15, 0.2) is 0 Å². The number of hydrogen-bond donors (Lipinski definition) is 1. The highest BCUT2D eigenvalue weighted by molar-refractivity contribution is 5.94. The number of nitrogens with zero attached hydrogens (tertiary/aromatic N) is 1. The predicted molar refractivity (Wildman–Crippen MR) is 88.7 cm³/mol. The van der Waals surface area contributed by atoms with Crippen LogP contribution in [0, 0.1) is 0 Å². The second kappa shape index (κ2) is 7.60. The van der Waals surface area contributed by atoms with E-state index < -0.39 is 0 Å². The lowest BCUT2D eigenvalue weighted by molar-refractivity contribution is -0.120. The van der Waals surface area contributed by atoms with Crippen LogP contribution in [-0.2, 0) is 4.79 Å². The zero-order valence-electron chi connectivity index (χ0n) is 13.6. The smallest absolute Gasteiger partial charge is 0.241 e. The molecule has 3 heteroatoms. The molecule has 1 amide bonds. The number of likely N-dealkylation sites (tertiary alicyclic amines) is 1. The van der Waals surface area contributed by atoms with Crippen LogP contribution in [0.4, 0.5) is 5.69 Å². The molecule has 1 aliphatic rings. The van der Waals surface area contributed by atoms with Gasteiger partial charge in [-0.2, -0.15) is 0 Å². The van der Waals surface area contributed by atoms with Crippen LogP contribution in [0.3, 0.4) is 0 Å². The van der Waals surface area contributed by atoms with Gasteiger partial charge in [0.05, 0.1) is 6.04 Å². The molecule has 0 aromatic heterocycles. The molecule has 1 saturated heterocycles. The second-order valence-electron chi connectivity index (χ2n) is 6.39. The van der Waals surface area contributed by atoms with Crippen LogP contribution >= 0.6 is 0 Å². The predicted octanol–water partition coefficient (Wildman–Crippen LogP) is 4.01. The Balaban J connectivity index is 1.93. The molecule has 21 heavy (non-hydrogen) atoms. The normalized spacial score (nSPS) is 18.3. The van der Waals surface area contributed by atoms with Gasteiger partial charge in [0.25, 0.3) is 0 Å². The van der Waals surface area contributed by atoms with Gasteiger partial charge in [-0.3, -0.25) is 9.69 Å². The Bertz CT molecular complexity index is 445. The number of carbonyl (C=O) groups excluding carboxylic acids is 1.